The Bertz CT molecular complexity index is 2120. The van der Waals surface area contributed by atoms with Gasteiger partial charge >= 0.3 is 12.1 Å². The molecule has 10 heteroatoms. The first kappa shape index (κ1) is 33.7. The average Bonchev–Trinajstić information content (AvgIpc) is 3.52. The molecule has 1 N–H and O–H groups in total. The van der Waals surface area contributed by atoms with Crippen LogP contribution in [0.1, 0.15) is 58.4 Å². The van der Waals surface area contributed by atoms with Crippen LogP contribution in [0.2, 0.25) is 0 Å². The van der Waals surface area contributed by atoms with Gasteiger partial charge < -0.3 is 19.2 Å². The van der Waals surface area contributed by atoms with E-state index in [-0.39, 0.29) is 12.2 Å². The number of hydrogen-bond acceptors (Lipinski definition) is 4. The van der Waals surface area contributed by atoms with Crippen molar-refractivity contribution in [2.75, 3.05) is 26.2 Å². The number of nitrogens with zero attached hydrogens (tertiary/aromatic N) is 3. The topological polar surface area (TPSA) is 71.7 Å². The number of halogens is 3. The highest BCUT2D eigenvalue weighted by molar-refractivity contribution is 5.96. The Kier molecular flexibility index (Phi) is 9.74. The molecule has 0 atom stereocenters. The molecule has 0 radical (unpaired) electrons. The van der Waals surface area contributed by atoms with Gasteiger partial charge in [-0.05, 0) is 98.3 Å². The van der Waals surface area contributed by atoms with Gasteiger partial charge in [0, 0.05) is 23.1 Å². The Morgan fingerprint density at radius 2 is 1.69 bits per heavy atom. The second kappa shape index (κ2) is 14.1. The summed E-state index contributed by atoms with van der Waals surface area (Å²) in [5.74, 6) is -0.427. The van der Waals surface area contributed by atoms with Crippen LogP contribution < -0.4 is 5.56 Å². The maximum Gasteiger partial charge on any atom is 0.407 e. The number of aromatic amines is 1. The van der Waals surface area contributed by atoms with E-state index in [1.165, 1.54) is 23.8 Å². The van der Waals surface area contributed by atoms with E-state index in [1.54, 1.807) is 24.3 Å². The van der Waals surface area contributed by atoms with Gasteiger partial charge in [0.05, 0.1) is 25.3 Å². The first-order valence-electron chi connectivity index (χ1n) is 16.4. The van der Waals surface area contributed by atoms with Gasteiger partial charge in [-0.1, -0.05) is 60.5 Å². The van der Waals surface area contributed by atoms with E-state index >= 15 is 0 Å². The van der Waals surface area contributed by atoms with E-state index in [0.717, 1.165) is 59.8 Å². The molecule has 2 aromatic heterocycles. The number of H-pyrrole nitrogens is 1. The van der Waals surface area contributed by atoms with E-state index in [2.05, 4.69) is 14.7 Å². The van der Waals surface area contributed by atoms with Gasteiger partial charge in [-0.25, -0.2) is 9.64 Å². The molecule has 0 aliphatic carbocycles. The van der Waals surface area contributed by atoms with Gasteiger partial charge in [-0.3, -0.25) is 4.79 Å². The van der Waals surface area contributed by atoms with Crippen molar-refractivity contribution in [3.8, 4) is 22.4 Å². The highest BCUT2D eigenvalue weighted by Gasteiger charge is 2.36. The second-order valence-electron chi connectivity index (χ2n) is 12.7. The zero-order valence-corrected chi connectivity index (χ0v) is 27.5. The molecule has 3 aromatic carbocycles. The zero-order valence-electron chi connectivity index (χ0n) is 27.5. The summed E-state index contributed by atoms with van der Waals surface area (Å²) in [6.07, 6.45) is -0.419. The molecule has 7 nitrogen and oxygen atoms in total. The fourth-order valence-electron chi connectivity index (χ4n) is 6.54. The van der Waals surface area contributed by atoms with Crippen molar-refractivity contribution in [3.63, 3.8) is 0 Å². The van der Waals surface area contributed by atoms with Crippen molar-refractivity contribution in [2.24, 2.45) is 0 Å². The summed E-state index contributed by atoms with van der Waals surface area (Å²) in [6.45, 7) is 14.7. The van der Waals surface area contributed by atoms with Crippen LogP contribution in [-0.4, -0.2) is 46.7 Å². The number of likely N-dealkylation sites (tertiary alicyclic amines) is 1. The number of benzene rings is 3. The molecule has 1 aliphatic rings. The molecule has 0 unspecified atom stereocenters. The summed E-state index contributed by atoms with van der Waals surface area (Å²) >= 11 is 0. The van der Waals surface area contributed by atoms with Crippen LogP contribution in [0.15, 0.2) is 77.6 Å². The van der Waals surface area contributed by atoms with Crippen molar-refractivity contribution < 1.29 is 22.7 Å². The van der Waals surface area contributed by atoms with E-state index < -0.39 is 29.0 Å². The monoisotopic (exact) mass is 666 g/mol. The predicted molar refractivity (Wildman–Crippen MR) is 185 cm³/mol. The lowest BCUT2D eigenvalue weighted by Crippen LogP contribution is -2.31. The van der Waals surface area contributed by atoms with Crippen molar-refractivity contribution >= 4 is 22.6 Å². The lowest BCUT2D eigenvalue weighted by molar-refractivity contribution is -0.136. The van der Waals surface area contributed by atoms with Crippen LogP contribution in [0, 0.1) is 20.4 Å². The van der Waals surface area contributed by atoms with Crippen LogP contribution >= 0.6 is 0 Å². The van der Waals surface area contributed by atoms with Gasteiger partial charge in [-0.15, -0.1) is 0 Å². The number of alkyl halides is 3. The SMILES string of the molecule is [C-]#[N+]c1c(C(F)(F)F)cc(-c2cccc(-c3ccc4cc(C(=O)OCCCN5CCCCC5)[nH]c4c3)c2)n(Cc2ccc(C)cc2C)c1=O. The summed E-state index contributed by atoms with van der Waals surface area (Å²) in [6, 6.07) is 20.8. The first-order valence-corrected chi connectivity index (χ1v) is 16.4. The van der Waals surface area contributed by atoms with E-state index in [0.29, 0.717) is 28.9 Å². The normalized spacial score (nSPS) is 13.8. The van der Waals surface area contributed by atoms with Gasteiger partial charge in [0.2, 0.25) is 0 Å². The fraction of sp³-hybridized carbons (Fsp3) is 0.308. The van der Waals surface area contributed by atoms with E-state index in [9.17, 15) is 22.8 Å². The molecule has 0 bridgehead atoms. The summed E-state index contributed by atoms with van der Waals surface area (Å²) in [4.78, 5) is 34.9. The quantitative estimate of drug-likeness (QED) is 0.0969. The smallest absolute Gasteiger partial charge is 0.407 e. The number of esters is 1. The number of carbonyl (C=O) groups is 1. The highest BCUT2D eigenvalue weighted by Crippen LogP contribution is 2.38. The molecule has 3 heterocycles. The number of pyridine rings is 1. The maximum absolute atomic E-state index is 14.2. The van der Waals surface area contributed by atoms with Gasteiger partial charge in [0.25, 0.3) is 11.2 Å². The van der Waals surface area contributed by atoms with Crippen LogP contribution in [0.3, 0.4) is 0 Å². The lowest BCUT2D eigenvalue weighted by atomic mass is 9.99. The molecule has 252 valence electrons. The number of carbonyl (C=O) groups excluding carboxylic acids is 1. The number of nitrogens with one attached hydrogen (secondary N) is 1. The minimum absolute atomic E-state index is 0.00324. The van der Waals surface area contributed by atoms with Crippen molar-refractivity contribution in [2.45, 2.75) is 52.3 Å². The molecular formula is C39H37F3N4O3. The highest BCUT2D eigenvalue weighted by atomic mass is 19.4. The van der Waals surface area contributed by atoms with Crippen molar-refractivity contribution in [1.29, 1.82) is 0 Å². The van der Waals surface area contributed by atoms with Crippen LogP contribution in [0.4, 0.5) is 18.9 Å². The molecule has 0 amide bonds. The molecule has 1 fully saturated rings. The second-order valence-corrected chi connectivity index (χ2v) is 12.7. The molecule has 49 heavy (non-hydrogen) atoms. The maximum atomic E-state index is 14.2. The summed E-state index contributed by atoms with van der Waals surface area (Å²) in [5.41, 5.74) is 2.40. The molecule has 5 aromatic rings. The third-order valence-corrected chi connectivity index (χ3v) is 9.15. The molecule has 1 saturated heterocycles. The fourth-order valence-corrected chi connectivity index (χ4v) is 6.54. The number of rotatable bonds is 9. The molecule has 1 aliphatic heterocycles. The van der Waals surface area contributed by atoms with Crippen LogP contribution in [0.25, 0.3) is 38.1 Å². The van der Waals surface area contributed by atoms with Gasteiger partial charge in [-0.2, -0.15) is 13.2 Å². The number of aromatic nitrogens is 2. The minimum Gasteiger partial charge on any atom is -0.461 e. The minimum atomic E-state index is -4.89. The van der Waals surface area contributed by atoms with Crippen LogP contribution in [-0.2, 0) is 17.5 Å². The number of fused-ring (bicyclic) bond motifs is 1. The Balaban J connectivity index is 1.30. The van der Waals surface area contributed by atoms with E-state index in [1.807, 2.05) is 56.3 Å². The molecule has 0 saturated carbocycles. The average molecular weight is 667 g/mol. The largest absolute Gasteiger partial charge is 0.461 e. The Morgan fingerprint density at radius 3 is 2.43 bits per heavy atom. The third-order valence-electron chi connectivity index (χ3n) is 9.15. The molecule has 6 rings (SSSR count). The van der Waals surface area contributed by atoms with Crippen molar-refractivity contribution in [1.82, 2.24) is 14.5 Å². The Morgan fingerprint density at radius 1 is 0.939 bits per heavy atom. The lowest BCUT2D eigenvalue weighted by Gasteiger charge is -2.26. The number of aryl methyl sites for hydroxylation is 2. The van der Waals surface area contributed by atoms with Crippen LogP contribution in [0.5, 0.6) is 0 Å². The summed E-state index contributed by atoms with van der Waals surface area (Å²) < 4.78 is 49.3. The zero-order chi connectivity index (χ0) is 34.7. The predicted octanol–water partition coefficient (Wildman–Crippen LogP) is 8.93. The van der Waals surface area contributed by atoms with Gasteiger partial charge in [0.1, 0.15) is 5.69 Å². The number of ether oxygens (including phenoxy) is 1. The van der Waals surface area contributed by atoms with Gasteiger partial charge in [0.15, 0.2) is 0 Å². The van der Waals surface area contributed by atoms with Crippen molar-refractivity contribution in [3.05, 3.63) is 123 Å². The Labute approximate surface area is 282 Å². The summed E-state index contributed by atoms with van der Waals surface area (Å²) in [5, 5.41) is 0.812. The standard InChI is InChI=1S/C39H37F3N4O3/c1-25-11-12-31(26(2)19-25)24-46-35(23-32(39(40,41)42)36(43-3)37(46)47)30-10-7-9-27(20-30)28-13-14-29-22-34(44-33(29)21-28)38(48)49-18-8-17-45-15-5-4-6-16-45/h7,9-14,19-23,44H,4-6,8,15-18,24H2,1-2H3. The third kappa shape index (κ3) is 7.47. The molecular weight excluding hydrogens is 629 g/mol. The number of piperidine rings is 1. The Hall–Kier alpha value is -5.14. The van der Waals surface area contributed by atoms with E-state index in [4.69, 9.17) is 11.3 Å². The number of hydrogen-bond donors (Lipinski definition) is 1. The first-order chi connectivity index (χ1) is 23.5. The molecule has 0 spiro atoms. The summed E-state index contributed by atoms with van der Waals surface area (Å²) in [7, 11) is 0.